The van der Waals surface area contributed by atoms with Gasteiger partial charge in [0.2, 0.25) is 0 Å². The maximum absolute atomic E-state index is 13.1. The van der Waals surface area contributed by atoms with Crippen LogP contribution in [0.5, 0.6) is 5.75 Å². The molecule has 31 heavy (non-hydrogen) atoms. The van der Waals surface area contributed by atoms with Crippen molar-refractivity contribution in [3.63, 3.8) is 0 Å². The van der Waals surface area contributed by atoms with Crippen molar-refractivity contribution in [2.45, 2.75) is 19.9 Å². The van der Waals surface area contributed by atoms with Gasteiger partial charge >= 0.3 is 0 Å². The molecule has 0 aliphatic carbocycles. The van der Waals surface area contributed by atoms with Crippen LogP contribution in [-0.4, -0.2) is 26.4 Å². The summed E-state index contributed by atoms with van der Waals surface area (Å²) in [6, 6.07) is 16.7. The third kappa shape index (κ3) is 3.15. The molecule has 0 atom stereocenters. The highest BCUT2D eigenvalue weighted by molar-refractivity contribution is 5.84. The second-order valence-electron chi connectivity index (χ2n) is 7.57. The van der Waals surface area contributed by atoms with E-state index in [0.29, 0.717) is 29.6 Å². The van der Waals surface area contributed by atoms with Crippen LogP contribution in [0.25, 0.3) is 27.5 Å². The molecule has 0 spiro atoms. The molecule has 0 radical (unpaired) electrons. The molecule has 5 rings (SSSR count). The Morgan fingerprint density at radius 1 is 1.00 bits per heavy atom. The van der Waals surface area contributed by atoms with Crippen molar-refractivity contribution < 1.29 is 4.74 Å². The molecule has 0 aliphatic heterocycles. The zero-order chi connectivity index (χ0) is 21.5. The molecular formula is C24H22N4O3. The number of aromatic amines is 2. The van der Waals surface area contributed by atoms with Gasteiger partial charge in [-0.3, -0.25) is 14.7 Å². The fourth-order valence-electron chi connectivity index (χ4n) is 4.17. The van der Waals surface area contributed by atoms with E-state index in [0.717, 1.165) is 27.9 Å². The highest BCUT2D eigenvalue weighted by atomic mass is 16.5. The number of fused-ring (bicyclic) bond motifs is 2. The van der Waals surface area contributed by atoms with Crippen LogP contribution < -0.4 is 15.9 Å². The zero-order valence-corrected chi connectivity index (χ0v) is 17.3. The lowest BCUT2D eigenvalue weighted by molar-refractivity contribution is 0.415. The molecule has 3 aromatic heterocycles. The van der Waals surface area contributed by atoms with E-state index in [2.05, 4.69) is 10.1 Å². The summed E-state index contributed by atoms with van der Waals surface area (Å²) < 4.78 is 8.49. The highest BCUT2D eigenvalue weighted by Gasteiger charge is 2.15. The SMILES string of the molecule is COc1ccc2[nH]cc(CCn3c(C)c4c(=O)n(-c5ccccc5)[nH]c4cc3=O)c2c1. The molecule has 0 saturated heterocycles. The zero-order valence-electron chi connectivity index (χ0n) is 17.3. The molecule has 3 heterocycles. The lowest BCUT2D eigenvalue weighted by Crippen LogP contribution is -2.24. The van der Waals surface area contributed by atoms with E-state index >= 15 is 0 Å². The highest BCUT2D eigenvalue weighted by Crippen LogP contribution is 2.24. The molecule has 5 aromatic rings. The molecule has 7 heteroatoms. The Kier molecular flexibility index (Phi) is 4.51. The number of ether oxygens (including phenoxy) is 1. The quantitative estimate of drug-likeness (QED) is 0.461. The Labute approximate surface area is 177 Å². The third-order valence-electron chi connectivity index (χ3n) is 5.81. The van der Waals surface area contributed by atoms with Crippen LogP contribution in [-0.2, 0) is 13.0 Å². The largest absolute Gasteiger partial charge is 0.497 e. The van der Waals surface area contributed by atoms with E-state index in [4.69, 9.17) is 4.74 Å². The summed E-state index contributed by atoms with van der Waals surface area (Å²) in [4.78, 5) is 29.2. The summed E-state index contributed by atoms with van der Waals surface area (Å²) in [5.41, 5.74) is 3.76. The van der Waals surface area contributed by atoms with Crippen LogP contribution in [0.15, 0.2) is 70.4 Å². The summed E-state index contributed by atoms with van der Waals surface area (Å²) in [7, 11) is 1.64. The normalized spacial score (nSPS) is 11.4. The first-order valence-electron chi connectivity index (χ1n) is 10.1. The van der Waals surface area contributed by atoms with Gasteiger partial charge in [0.25, 0.3) is 11.1 Å². The van der Waals surface area contributed by atoms with Crippen LogP contribution in [0.4, 0.5) is 0 Å². The molecule has 0 aliphatic rings. The molecule has 2 N–H and O–H groups in total. The van der Waals surface area contributed by atoms with Gasteiger partial charge in [0, 0.05) is 35.4 Å². The number of para-hydroxylation sites is 1. The lowest BCUT2D eigenvalue weighted by Gasteiger charge is -2.10. The number of rotatable bonds is 5. The van der Waals surface area contributed by atoms with E-state index in [-0.39, 0.29) is 11.1 Å². The topological polar surface area (TPSA) is 84.8 Å². The first-order chi connectivity index (χ1) is 15.1. The van der Waals surface area contributed by atoms with Gasteiger partial charge in [-0.25, -0.2) is 4.68 Å². The van der Waals surface area contributed by atoms with Crippen molar-refractivity contribution in [2.75, 3.05) is 7.11 Å². The number of aryl methyl sites for hydroxylation is 2. The van der Waals surface area contributed by atoms with Gasteiger partial charge in [-0.15, -0.1) is 0 Å². The molecule has 0 fully saturated rings. The fraction of sp³-hybridized carbons (Fsp3) is 0.167. The number of nitrogens with zero attached hydrogens (tertiary/aromatic N) is 2. The van der Waals surface area contributed by atoms with Crippen LogP contribution in [0.2, 0.25) is 0 Å². The van der Waals surface area contributed by atoms with Crippen LogP contribution >= 0.6 is 0 Å². The fourth-order valence-corrected chi connectivity index (χ4v) is 4.17. The van der Waals surface area contributed by atoms with E-state index in [9.17, 15) is 9.59 Å². The number of benzene rings is 2. The van der Waals surface area contributed by atoms with Gasteiger partial charge in [0.1, 0.15) is 5.75 Å². The second kappa shape index (κ2) is 7.36. The van der Waals surface area contributed by atoms with E-state index in [1.807, 2.05) is 61.7 Å². The molecular weight excluding hydrogens is 392 g/mol. The maximum Gasteiger partial charge on any atom is 0.280 e. The Morgan fingerprint density at radius 3 is 2.58 bits per heavy atom. The summed E-state index contributed by atoms with van der Waals surface area (Å²) in [5, 5.41) is 4.67. The van der Waals surface area contributed by atoms with Gasteiger partial charge in [0.05, 0.1) is 23.7 Å². The Morgan fingerprint density at radius 2 is 1.81 bits per heavy atom. The summed E-state index contributed by atoms with van der Waals surface area (Å²) in [6.45, 7) is 2.30. The summed E-state index contributed by atoms with van der Waals surface area (Å²) in [5.74, 6) is 0.789. The van der Waals surface area contributed by atoms with Crippen molar-refractivity contribution in [3.05, 3.63) is 92.8 Å². The lowest BCUT2D eigenvalue weighted by atomic mass is 10.1. The number of pyridine rings is 1. The van der Waals surface area contributed by atoms with Crippen molar-refractivity contribution in [1.82, 2.24) is 19.3 Å². The number of H-pyrrole nitrogens is 2. The molecule has 0 bridgehead atoms. The molecule has 2 aromatic carbocycles. The summed E-state index contributed by atoms with van der Waals surface area (Å²) >= 11 is 0. The van der Waals surface area contributed by atoms with Gasteiger partial charge in [-0.05, 0) is 49.2 Å². The number of methoxy groups -OCH3 is 1. The van der Waals surface area contributed by atoms with E-state index in [1.165, 1.54) is 10.7 Å². The minimum absolute atomic E-state index is 0.135. The molecule has 0 amide bonds. The van der Waals surface area contributed by atoms with Gasteiger partial charge in [-0.2, -0.15) is 0 Å². The van der Waals surface area contributed by atoms with Gasteiger partial charge < -0.3 is 14.3 Å². The predicted molar refractivity (Wildman–Crippen MR) is 121 cm³/mol. The minimum atomic E-state index is -0.163. The van der Waals surface area contributed by atoms with Crippen molar-refractivity contribution in [2.24, 2.45) is 0 Å². The Bertz CT molecular complexity index is 1520. The first kappa shape index (κ1) is 19.0. The third-order valence-corrected chi connectivity index (χ3v) is 5.81. The van der Waals surface area contributed by atoms with Crippen LogP contribution in [0, 0.1) is 6.92 Å². The monoisotopic (exact) mass is 414 g/mol. The van der Waals surface area contributed by atoms with Crippen molar-refractivity contribution in [1.29, 1.82) is 0 Å². The van der Waals surface area contributed by atoms with Gasteiger partial charge in [0.15, 0.2) is 0 Å². The maximum atomic E-state index is 13.1. The number of hydrogen-bond donors (Lipinski definition) is 2. The minimum Gasteiger partial charge on any atom is -0.497 e. The molecule has 7 nitrogen and oxygen atoms in total. The smallest absolute Gasteiger partial charge is 0.280 e. The summed E-state index contributed by atoms with van der Waals surface area (Å²) in [6.07, 6.45) is 2.61. The van der Waals surface area contributed by atoms with E-state index < -0.39 is 0 Å². The Hall–Kier alpha value is -4.00. The average molecular weight is 414 g/mol. The average Bonchev–Trinajstić information content (AvgIpc) is 3.34. The van der Waals surface area contributed by atoms with Crippen LogP contribution in [0.3, 0.4) is 0 Å². The number of nitrogens with one attached hydrogen (secondary N) is 2. The Balaban J connectivity index is 1.54. The number of aromatic nitrogens is 4. The second-order valence-corrected chi connectivity index (χ2v) is 7.57. The predicted octanol–water partition coefficient (Wildman–Crippen LogP) is 3.52. The first-order valence-corrected chi connectivity index (χ1v) is 10.1. The molecule has 156 valence electrons. The van der Waals surface area contributed by atoms with Gasteiger partial charge in [-0.1, -0.05) is 18.2 Å². The van der Waals surface area contributed by atoms with Crippen molar-refractivity contribution >= 4 is 21.8 Å². The number of hydrogen-bond acceptors (Lipinski definition) is 3. The van der Waals surface area contributed by atoms with E-state index in [1.54, 1.807) is 11.7 Å². The molecule has 0 saturated carbocycles. The van der Waals surface area contributed by atoms with Crippen LogP contribution in [0.1, 0.15) is 11.3 Å². The standard InChI is InChI=1S/C24H22N4O3/c1-15-23-21(26-28(24(23)30)17-6-4-3-5-7-17)13-22(29)27(15)11-10-16-14-25-20-9-8-18(31-2)12-19(16)20/h3-9,12-14,25-26H,10-11H2,1-2H3. The van der Waals surface area contributed by atoms with Crippen molar-refractivity contribution in [3.8, 4) is 11.4 Å². The molecule has 0 unspecified atom stereocenters.